The fourth-order valence-corrected chi connectivity index (χ4v) is 5.21. The first-order valence-electron chi connectivity index (χ1n) is 12.5. The lowest BCUT2D eigenvalue weighted by Gasteiger charge is -2.23. The van der Waals surface area contributed by atoms with Crippen LogP contribution in [0.3, 0.4) is 0 Å². The van der Waals surface area contributed by atoms with E-state index in [2.05, 4.69) is 24.7 Å². The number of aryl methyl sites for hydroxylation is 2. The van der Waals surface area contributed by atoms with Crippen LogP contribution in [0.2, 0.25) is 25.7 Å². The summed E-state index contributed by atoms with van der Waals surface area (Å²) in [5.74, 6) is 0.546. The summed E-state index contributed by atoms with van der Waals surface area (Å²) < 4.78 is 24.4. The summed E-state index contributed by atoms with van der Waals surface area (Å²) in [6.07, 6.45) is 0.893. The number of rotatable bonds is 9. The van der Waals surface area contributed by atoms with Crippen LogP contribution < -0.4 is 4.90 Å². The summed E-state index contributed by atoms with van der Waals surface area (Å²) in [5, 5.41) is 13.6. The minimum Gasteiger partial charge on any atom is -0.465 e. The van der Waals surface area contributed by atoms with Crippen LogP contribution >= 0.6 is 0 Å². The molecule has 0 aromatic carbocycles. The molecule has 4 heterocycles. The minimum absolute atomic E-state index is 0.120. The normalized spacial score (nSPS) is 16.0. The van der Waals surface area contributed by atoms with E-state index in [0.29, 0.717) is 43.6 Å². The molecule has 1 unspecified atom stereocenters. The smallest absolute Gasteiger partial charge is 0.407 e. The summed E-state index contributed by atoms with van der Waals surface area (Å²) in [4.78, 5) is 24.4. The van der Waals surface area contributed by atoms with Crippen molar-refractivity contribution < 1.29 is 19.0 Å². The molecule has 1 atom stereocenters. The van der Waals surface area contributed by atoms with E-state index >= 15 is 4.39 Å². The monoisotopic (exact) mass is 529 g/mol. The van der Waals surface area contributed by atoms with Gasteiger partial charge in [-0.25, -0.2) is 18.9 Å². The van der Waals surface area contributed by atoms with Gasteiger partial charge in [0.05, 0.1) is 17.9 Å². The molecule has 1 amide bonds. The highest BCUT2D eigenvalue weighted by molar-refractivity contribution is 6.76. The Morgan fingerprint density at radius 3 is 2.59 bits per heavy atom. The van der Waals surface area contributed by atoms with E-state index in [1.54, 1.807) is 13.1 Å². The molecule has 3 aromatic heterocycles. The van der Waals surface area contributed by atoms with Crippen LogP contribution in [-0.4, -0.2) is 81.3 Å². The van der Waals surface area contributed by atoms with Crippen molar-refractivity contribution in [1.29, 1.82) is 0 Å². The topological polar surface area (TPSA) is 102 Å². The third-order valence-electron chi connectivity index (χ3n) is 6.76. The zero-order valence-corrected chi connectivity index (χ0v) is 23.4. The average Bonchev–Trinajstić information content (AvgIpc) is 3.54. The highest BCUT2D eigenvalue weighted by Crippen LogP contribution is 2.29. The Morgan fingerprint density at radius 1 is 1.24 bits per heavy atom. The maximum absolute atomic E-state index is 15.1. The van der Waals surface area contributed by atoms with Gasteiger partial charge < -0.3 is 19.6 Å². The predicted molar refractivity (Wildman–Crippen MR) is 143 cm³/mol. The van der Waals surface area contributed by atoms with Crippen LogP contribution in [0.1, 0.15) is 17.8 Å². The number of nitrogens with zero attached hydrogens (tertiary/aromatic N) is 7. The predicted octanol–water partition coefficient (Wildman–Crippen LogP) is 4.39. The molecule has 12 heteroatoms. The second kappa shape index (κ2) is 10.6. The Labute approximate surface area is 217 Å². The van der Waals surface area contributed by atoms with Crippen molar-refractivity contribution in [2.45, 2.75) is 58.7 Å². The molecule has 0 bridgehead atoms. The number of anilines is 1. The van der Waals surface area contributed by atoms with Crippen LogP contribution in [-0.2, 0) is 11.5 Å². The Bertz CT molecular complexity index is 1250. The number of amides is 1. The van der Waals surface area contributed by atoms with E-state index in [9.17, 15) is 9.90 Å². The fraction of sp³-hybridized carbons (Fsp3) is 0.520. The number of hydrogen-bond acceptors (Lipinski definition) is 6. The Kier molecular flexibility index (Phi) is 7.69. The van der Waals surface area contributed by atoms with Crippen molar-refractivity contribution in [3.05, 3.63) is 41.6 Å². The van der Waals surface area contributed by atoms with Gasteiger partial charge in [-0.3, -0.25) is 4.57 Å². The van der Waals surface area contributed by atoms with Gasteiger partial charge in [0.1, 0.15) is 18.2 Å². The fourth-order valence-electron chi connectivity index (χ4n) is 4.46. The third-order valence-corrected chi connectivity index (χ3v) is 8.46. The van der Waals surface area contributed by atoms with E-state index in [0.717, 1.165) is 17.4 Å². The van der Waals surface area contributed by atoms with Crippen LogP contribution in [0.15, 0.2) is 24.4 Å². The van der Waals surface area contributed by atoms with Crippen molar-refractivity contribution in [2.24, 2.45) is 0 Å². The number of hydrogen-bond donors (Lipinski definition) is 1. The second-order valence-electron chi connectivity index (χ2n) is 10.8. The Hall–Kier alpha value is -3.25. The van der Waals surface area contributed by atoms with Gasteiger partial charge in [0.25, 0.3) is 0 Å². The summed E-state index contributed by atoms with van der Waals surface area (Å²) in [6.45, 7) is 12.6. The van der Waals surface area contributed by atoms with Gasteiger partial charge in [-0.05, 0) is 38.4 Å². The molecule has 1 aliphatic heterocycles. The van der Waals surface area contributed by atoms with Crippen LogP contribution in [0.25, 0.3) is 17.3 Å². The van der Waals surface area contributed by atoms with Gasteiger partial charge in [-0.1, -0.05) is 19.6 Å². The van der Waals surface area contributed by atoms with Gasteiger partial charge in [0.2, 0.25) is 5.95 Å². The van der Waals surface area contributed by atoms with Crippen LogP contribution in [0.5, 0.6) is 0 Å². The van der Waals surface area contributed by atoms with E-state index in [-0.39, 0.29) is 18.5 Å². The lowest BCUT2D eigenvalue weighted by molar-refractivity contribution is 0.0796. The van der Waals surface area contributed by atoms with Crippen molar-refractivity contribution in [1.82, 2.24) is 29.2 Å². The lowest BCUT2D eigenvalue weighted by Crippen LogP contribution is -2.38. The maximum atomic E-state index is 15.1. The molecule has 1 fully saturated rings. The minimum atomic E-state index is -1.26. The van der Waals surface area contributed by atoms with Gasteiger partial charge >= 0.3 is 6.09 Å². The van der Waals surface area contributed by atoms with Gasteiger partial charge in [-0.15, -0.1) is 0 Å². The largest absolute Gasteiger partial charge is 0.465 e. The molecule has 0 aliphatic carbocycles. The maximum Gasteiger partial charge on any atom is 0.407 e. The Balaban J connectivity index is 1.70. The standard InChI is InChI=1S/C25H36FN7O3Si/c1-17-7-8-18(2)33(17)24-28-21(13-22(29-24)31-10-9-19(15-31)30(3)25(34)35)23-20(26)14-27-32(23)16-36-11-12-37(4,5)6/h7-8,13-14,19H,9-12,15-16H2,1-6H3,(H,34,35). The average molecular weight is 530 g/mol. The molecular weight excluding hydrogens is 493 g/mol. The highest BCUT2D eigenvalue weighted by Gasteiger charge is 2.30. The molecular formula is C25H36FN7O3Si. The summed E-state index contributed by atoms with van der Waals surface area (Å²) in [5.41, 5.74) is 2.54. The first-order chi connectivity index (χ1) is 17.4. The third kappa shape index (κ3) is 6.01. The molecule has 3 aromatic rings. The first-order valence-corrected chi connectivity index (χ1v) is 16.2. The molecule has 0 spiro atoms. The molecule has 200 valence electrons. The van der Waals surface area contributed by atoms with Crippen molar-refractivity contribution in [3.63, 3.8) is 0 Å². The summed E-state index contributed by atoms with van der Waals surface area (Å²) >= 11 is 0. The van der Waals surface area contributed by atoms with Gasteiger partial charge in [-0.2, -0.15) is 10.1 Å². The number of ether oxygens (including phenoxy) is 1. The van der Waals surface area contributed by atoms with Crippen LogP contribution in [0, 0.1) is 19.7 Å². The van der Waals surface area contributed by atoms with Gasteiger partial charge in [0.15, 0.2) is 5.82 Å². The lowest BCUT2D eigenvalue weighted by atomic mass is 10.2. The molecule has 0 radical (unpaired) electrons. The molecule has 1 saturated heterocycles. The SMILES string of the molecule is Cc1ccc(C)n1-c1nc(-c2c(F)cnn2COCC[Si](C)(C)C)cc(N2CCC(N(C)C(=O)O)C2)n1. The number of likely N-dealkylation sites (N-methyl/N-ethyl adjacent to an activating group) is 1. The zero-order valence-electron chi connectivity index (χ0n) is 22.4. The van der Waals surface area contributed by atoms with Crippen LogP contribution in [0.4, 0.5) is 15.0 Å². The number of carbonyl (C=O) groups is 1. The molecule has 1 aliphatic rings. The first kappa shape index (κ1) is 26.8. The zero-order chi connectivity index (χ0) is 26.9. The quantitative estimate of drug-likeness (QED) is 0.324. The van der Waals surface area contributed by atoms with Crippen molar-refractivity contribution >= 4 is 20.0 Å². The number of aromatic nitrogens is 5. The number of halogens is 1. The van der Waals surface area contributed by atoms with E-state index in [1.807, 2.05) is 35.4 Å². The number of carboxylic acid groups (broad SMARTS) is 1. The van der Waals surface area contributed by atoms with E-state index < -0.39 is 20.0 Å². The van der Waals surface area contributed by atoms with Crippen molar-refractivity contribution in [3.8, 4) is 17.3 Å². The summed E-state index contributed by atoms with van der Waals surface area (Å²) in [7, 11) is 0.321. The highest BCUT2D eigenvalue weighted by atomic mass is 28.3. The Morgan fingerprint density at radius 2 is 1.95 bits per heavy atom. The van der Waals surface area contributed by atoms with Gasteiger partial charge in [0, 0.05) is 52.3 Å². The van der Waals surface area contributed by atoms with E-state index in [4.69, 9.17) is 14.7 Å². The summed E-state index contributed by atoms with van der Waals surface area (Å²) in [6, 6.07) is 6.56. The molecule has 10 nitrogen and oxygen atoms in total. The van der Waals surface area contributed by atoms with Crippen molar-refractivity contribution in [2.75, 3.05) is 31.6 Å². The molecule has 1 N–H and O–H groups in total. The molecule has 37 heavy (non-hydrogen) atoms. The molecule has 0 saturated carbocycles. The van der Waals surface area contributed by atoms with E-state index in [1.165, 1.54) is 15.8 Å². The molecule has 4 rings (SSSR count). The second-order valence-corrected chi connectivity index (χ2v) is 16.5.